The van der Waals surface area contributed by atoms with Crippen molar-refractivity contribution in [1.82, 2.24) is 9.55 Å². The van der Waals surface area contributed by atoms with Crippen LogP contribution in [-0.2, 0) is 11.3 Å². The molecule has 0 radical (unpaired) electrons. The summed E-state index contributed by atoms with van der Waals surface area (Å²) in [7, 11) is 0. The van der Waals surface area contributed by atoms with Crippen LogP contribution >= 0.6 is 0 Å². The first-order chi connectivity index (χ1) is 13.9. The Kier molecular flexibility index (Phi) is 7.16. The number of H-pyrrole nitrogens is 1. The molecule has 0 aromatic carbocycles. The lowest BCUT2D eigenvalue weighted by molar-refractivity contribution is -0.900. The van der Waals surface area contributed by atoms with Gasteiger partial charge in [-0.1, -0.05) is 33.1 Å². The average molecular weight is 407 g/mol. The van der Waals surface area contributed by atoms with Gasteiger partial charge in [0, 0.05) is 18.5 Å². The van der Waals surface area contributed by atoms with Crippen molar-refractivity contribution in [1.29, 1.82) is 0 Å². The van der Waals surface area contributed by atoms with Gasteiger partial charge in [-0.25, -0.2) is 4.79 Å². The number of hydrogen-bond donors (Lipinski definition) is 3. The molecule has 1 aliphatic heterocycles. The van der Waals surface area contributed by atoms with Crippen molar-refractivity contribution in [3.8, 4) is 0 Å². The van der Waals surface area contributed by atoms with Crippen LogP contribution in [0.3, 0.4) is 0 Å². The van der Waals surface area contributed by atoms with Gasteiger partial charge in [-0.3, -0.25) is 24.0 Å². The Morgan fingerprint density at radius 1 is 1.24 bits per heavy atom. The molecule has 2 atom stereocenters. The van der Waals surface area contributed by atoms with Crippen LogP contribution in [-0.4, -0.2) is 41.1 Å². The zero-order valence-electron chi connectivity index (χ0n) is 17.8. The summed E-state index contributed by atoms with van der Waals surface area (Å²) in [5, 5.41) is 0. The minimum atomic E-state index is -0.553. The summed E-state index contributed by atoms with van der Waals surface area (Å²) < 4.78 is 1.41. The number of amides is 1. The lowest BCUT2D eigenvalue weighted by atomic mass is 10.0. The molecule has 3 rings (SSSR count). The Morgan fingerprint density at radius 2 is 1.97 bits per heavy atom. The Hall–Kier alpha value is -2.09. The SMILES string of the molecule is CCCCn1c(N)c(N(C(=O)C[NH+]2CCC[C@H](C)C2)C2CCCC2)c(=O)[nH]c1=O. The van der Waals surface area contributed by atoms with Gasteiger partial charge in [-0.15, -0.1) is 0 Å². The van der Waals surface area contributed by atoms with E-state index in [9.17, 15) is 14.4 Å². The smallest absolute Gasteiger partial charge is 0.330 e. The lowest BCUT2D eigenvalue weighted by Crippen LogP contribution is -3.14. The van der Waals surface area contributed by atoms with E-state index in [1.807, 2.05) is 6.92 Å². The molecule has 2 fully saturated rings. The first-order valence-corrected chi connectivity index (χ1v) is 11.2. The molecule has 2 aliphatic rings. The molecule has 1 saturated carbocycles. The number of unbranched alkanes of at least 4 members (excludes halogenated alkanes) is 1. The highest BCUT2D eigenvalue weighted by atomic mass is 16.2. The Labute approximate surface area is 172 Å². The van der Waals surface area contributed by atoms with Crippen LogP contribution in [0.25, 0.3) is 0 Å². The van der Waals surface area contributed by atoms with Crippen molar-refractivity contribution in [2.24, 2.45) is 5.92 Å². The standard InChI is InChI=1S/C21H35N5O3/c1-3-4-12-25-19(22)18(20(28)23-21(25)29)26(16-9-5-6-10-16)17(27)14-24-11-7-8-15(2)13-24/h15-16H,3-14,22H2,1-2H3,(H,23,28,29)/p+1/t15-/m0/s1. The van der Waals surface area contributed by atoms with Crippen molar-refractivity contribution in [3.63, 3.8) is 0 Å². The molecule has 0 spiro atoms. The van der Waals surface area contributed by atoms with E-state index in [0.29, 0.717) is 19.0 Å². The van der Waals surface area contributed by atoms with Crippen molar-refractivity contribution >= 4 is 17.4 Å². The number of piperidine rings is 1. The summed E-state index contributed by atoms with van der Waals surface area (Å²) in [6.45, 7) is 7.03. The molecular formula is C21H36N5O3+. The normalized spacial score (nSPS) is 22.7. The number of quaternary nitrogens is 1. The van der Waals surface area contributed by atoms with Crippen molar-refractivity contribution in [3.05, 3.63) is 20.8 Å². The number of rotatable bonds is 7. The van der Waals surface area contributed by atoms with Gasteiger partial charge >= 0.3 is 5.69 Å². The number of aromatic amines is 1. The van der Waals surface area contributed by atoms with Crippen LogP contribution in [0, 0.1) is 5.92 Å². The summed E-state index contributed by atoms with van der Waals surface area (Å²) in [6, 6.07) is -0.0235. The minimum Gasteiger partial charge on any atom is -0.383 e. The number of hydrogen-bond acceptors (Lipinski definition) is 4. The molecule has 1 unspecified atom stereocenters. The zero-order valence-corrected chi connectivity index (χ0v) is 17.8. The first kappa shape index (κ1) is 21.6. The van der Waals surface area contributed by atoms with E-state index in [0.717, 1.165) is 58.0 Å². The molecule has 0 bridgehead atoms. The number of carbonyl (C=O) groups excluding carboxylic acids is 1. The molecular weight excluding hydrogens is 370 g/mol. The van der Waals surface area contributed by atoms with Crippen LogP contribution in [0.15, 0.2) is 9.59 Å². The first-order valence-electron chi connectivity index (χ1n) is 11.2. The Balaban J connectivity index is 1.95. The molecule has 162 valence electrons. The van der Waals surface area contributed by atoms with Gasteiger partial charge in [0.15, 0.2) is 12.2 Å². The largest absolute Gasteiger partial charge is 0.383 e. The van der Waals surface area contributed by atoms with Gasteiger partial charge in [-0.2, -0.15) is 0 Å². The summed E-state index contributed by atoms with van der Waals surface area (Å²) in [6.07, 6.45) is 7.82. The van der Waals surface area contributed by atoms with Gasteiger partial charge in [0.1, 0.15) is 5.82 Å². The highest BCUT2D eigenvalue weighted by Crippen LogP contribution is 2.29. The Bertz CT molecular complexity index is 825. The average Bonchev–Trinajstić information content (AvgIpc) is 3.19. The van der Waals surface area contributed by atoms with E-state index in [1.54, 1.807) is 4.90 Å². The third-order valence-corrected chi connectivity index (χ3v) is 6.41. The van der Waals surface area contributed by atoms with E-state index in [-0.39, 0.29) is 23.5 Å². The maximum absolute atomic E-state index is 13.4. The molecule has 1 aromatic heterocycles. The second-order valence-electron chi connectivity index (χ2n) is 8.83. The lowest BCUT2D eigenvalue weighted by Gasteiger charge is -2.33. The predicted molar refractivity (Wildman–Crippen MR) is 114 cm³/mol. The number of carbonyl (C=O) groups is 1. The van der Waals surface area contributed by atoms with E-state index in [2.05, 4.69) is 11.9 Å². The highest BCUT2D eigenvalue weighted by molar-refractivity contribution is 5.96. The highest BCUT2D eigenvalue weighted by Gasteiger charge is 2.35. The monoisotopic (exact) mass is 406 g/mol. The number of nitrogens with zero attached hydrogens (tertiary/aromatic N) is 2. The van der Waals surface area contributed by atoms with E-state index in [1.165, 1.54) is 15.9 Å². The van der Waals surface area contributed by atoms with Gasteiger partial charge in [-0.05, 0) is 32.1 Å². The second kappa shape index (κ2) is 9.61. The Morgan fingerprint density at radius 3 is 2.62 bits per heavy atom. The molecule has 1 aliphatic carbocycles. The maximum Gasteiger partial charge on any atom is 0.330 e. The number of anilines is 2. The maximum atomic E-state index is 13.4. The van der Waals surface area contributed by atoms with Gasteiger partial charge in [0.05, 0.1) is 13.1 Å². The van der Waals surface area contributed by atoms with Gasteiger partial charge in [0.25, 0.3) is 11.5 Å². The van der Waals surface area contributed by atoms with Crippen molar-refractivity contribution < 1.29 is 9.69 Å². The van der Waals surface area contributed by atoms with E-state index >= 15 is 0 Å². The fourth-order valence-corrected chi connectivity index (χ4v) is 4.88. The van der Waals surface area contributed by atoms with Crippen molar-refractivity contribution in [2.75, 3.05) is 30.3 Å². The molecule has 8 heteroatoms. The molecule has 8 nitrogen and oxygen atoms in total. The second-order valence-corrected chi connectivity index (χ2v) is 8.83. The summed E-state index contributed by atoms with van der Waals surface area (Å²) in [4.78, 5) is 43.8. The summed E-state index contributed by atoms with van der Waals surface area (Å²) in [5.41, 5.74) is 5.44. The zero-order chi connectivity index (χ0) is 21.0. The molecule has 1 aromatic rings. The summed E-state index contributed by atoms with van der Waals surface area (Å²) >= 11 is 0. The minimum absolute atomic E-state index is 0.0235. The van der Waals surface area contributed by atoms with E-state index in [4.69, 9.17) is 5.73 Å². The molecule has 1 saturated heterocycles. The number of likely N-dealkylation sites (tertiary alicyclic amines) is 1. The number of nitrogens with two attached hydrogens (primary N) is 1. The molecule has 1 amide bonds. The van der Waals surface area contributed by atoms with Crippen LogP contribution in [0.4, 0.5) is 11.5 Å². The molecule has 2 heterocycles. The predicted octanol–water partition coefficient (Wildman–Crippen LogP) is 0.509. The third-order valence-electron chi connectivity index (χ3n) is 6.41. The van der Waals surface area contributed by atoms with Crippen LogP contribution in [0.1, 0.15) is 65.2 Å². The van der Waals surface area contributed by atoms with Gasteiger partial charge in [0.2, 0.25) is 0 Å². The molecule has 29 heavy (non-hydrogen) atoms. The number of nitrogens with one attached hydrogen (secondary N) is 2. The third kappa shape index (κ3) is 4.91. The topological polar surface area (TPSA) is 106 Å². The number of nitrogen functional groups attached to an aromatic ring is 1. The molecule has 4 N–H and O–H groups in total. The van der Waals surface area contributed by atoms with Crippen LogP contribution in [0.2, 0.25) is 0 Å². The van der Waals surface area contributed by atoms with Crippen LogP contribution < -0.4 is 26.8 Å². The van der Waals surface area contributed by atoms with Crippen molar-refractivity contribution in [2.45, 2.75) is 77.8 Å². The fourth-order valence-electron chi connectivity index (χ4n) is 4.88. The van der Waals surface area contributed by atoms with Crippen LogP contribution in [0.5, 0.6) is 0 Å². The number of aromatic nitrogens is 2. The van der Waals surface area contributed by atoms with Gasteiger partial charge < -0.3 is 10.6 Å². The summed E-state index contributed by atoms with van der Waals surface area (Å²) in [5.74, 6) is 0.671. The fraction of sp³-hybridized carbons (Fsp3) is 0.762. The van der Waals surface area contributed by atoms with E-state index < -0.39 is 11.2 Å². The quantitative estimate of drug-likeness (QED) is 0.613.